The molecule has 6 heteroatoms. The molecular formula is C12H19IN2O2S. The largest absolute Gasteiger partial charge is 0.329 e. The Bertz CT molecular complexity index is 473. The monoisotopic (exact) mass is 382 g/mol. The Kier molecular flexibility index (Phi) is 5.57. The topological polar surface area (TPSA) is 72.2 Å². The van der Waals surface area contributed by atoms with E-state index in [-0.39, 0.29) is 4.90 Å². The predicted octanol–water partition coefficient (Wildman–Crippen LogP) is 2.09. The molecule has 0 aromatic heterocycles. The van der Waals surface area contributed by atoms with Gasteiger partial charge in [-0.25, -0.2) is 13.1 Å². The van der Waals surface area contributed by atoms with Crippen LogP contribution >= 0.6 is 22.6 Å². The Morgan fingerprint density at radius 3 is 2.11 bits per heavy atom. The molecule has 4 nitrogen and oxygen atoms in total. The van der Waals surface area contributed by atoms with Crippen LogP contribution in [0.3, 0.4) is 0 Å². The molecule has 0 aliphatic rings. The third-order valence-electron chi connectivity index (χ3n) is 3.22. The first-order valence-corrected chi connectivity index (χ1v) is 8.45. The number of rotatable bonds is 6. The van der Waals surface area contributed by atoms with Gasteiger partial charge in [0.15, 0.2) is 0 Å². The van der Waals surface area contributed by atoms with Crippen molar-refractivity contribution in [3.8, 4) is 0 Å². The molecule has 0 bridgehead atoms. The van der Waals surface area contributed by atoms with Gasteiger partial charge in [-0.3, -0.25) is 0 Å². The standard InChI is InChI=1S/C12H19IN2O2S/c1-3-12(4-2,9-14)15-18(16,17)11-7-5-10(13)6-8-11/h5-8,15H,3-4,9,14H2,1-2H3. The van der Waals surface area contributed by atoms with Gasteiger partial charge in [-0.15, -0.1) is 0 Å². The van der Waals surface area contributed by atoms with Crippen molar-refractivity contribution in [3.05, 3.63) is 27.8 Å². The van der Waals surface area contributed by atoms with Gasteiger partial charge in [-0.05, 0) is 59.7 Å². The zero-order chi connectivity index (χ0) is 13.8. The van der Waals surface area contributed by atoms with Gasteiger partial charge in [0.05, 0.1) is 4.90 Å². The second-order valence-corrected chi connectivity index (χ2v) is 7.18. The fourth-order valence-electron chi connectivity index (χ4n) is 1.68. The minimum atomic E-state index is -3.50. The highest BCUT2D eigenvalue weighted by Crippen LogP contribution is 2.19. The lowest BCUT2D eigenvalue weighted by atomic mass is 9.95. The van der Waals surface area contributed by atoms with Crippen molar-refractivity contribution < 1.29 is 8.42 Å². The maximum absolute atomic E-state index is 12.3. The summed E-state index contributed by atoms with van der Waals surface area (Å²) in [5.74, 6) is 0. The maximum Gasteiger partial charge on any atom is 0.241 e. The summed E-state index contributed by atoms with van der Waals surface area (Å²) in [6.07, 6.45) is 1.34. The van der Waals surface area contributed by atoms with Gasteiger partial charge in [-0.2, -0.15) is 0 Å². The molecule has 3 N–H and O–H groups in total. The van der Waals surface area contributed by atoms with Crippen molar-refractivity contribution in [2.45, 2.75) is 37.1 Å². The molecule has 1 aromatic carbocycles. The smallest absolute Gasteiger partial charge is 0.241 e. The van der Waals surface area contributed by atoms with E-state index in [9.17, 15) is 8.42 Å². The molecule has 0 aliphatic heterocycles. The van der Waals surface area contributed by atoms with Gasteiger partial charge in [0.2, 0.25) is 10.0 Å². The Morgan fingerprint density at radius 1 is 1.22 bits per heavy atom. The SMILES string of the molecule is CCC(CC)(CN)NS(=O)(=O)c1ccc(I)cc1. The van der Waals surface area contributed by atoms with Crippen molar-refractivity contribution in [2.75, 3.05) is 6.54 Å². The molecule has 102 valence electrons. The molecule has 0 radical (unpaired) electrons. The highest BCUT2D eigenvalue weighted by molar-refractivity contribution is 14.1. The summed E-state index contributed by atoms with van der Waals surface area (Å²) >= 11 is 2.14. The van der Waals surface area contributed by atoms with E-state index in [1.807, 2.05) is 13.8 Å². The van der Waals surface area contributed by atoms with Crippen LogP contribution in [0.4, 0.5) is 0 Å². The summed E-state index contributed by atoms with van der Waals surface area (Å²) in [4.78, 5) is 0.280. The van der Waals surface area contributed by atoms with E-state index in [1.54, 1.807) is 24.3 Å². The first-order chi connectivity index (χ1) is 8.39. The average Bonchev–Trinajstić information content (AvgIpc) is 2.37. The van der Waals surface area contributed by atoms with Crippen molar-refractivity contribution in [2.24, 2.45) is 5.73 Å². The number of hydrogen-bond acceptors (Lipinski definition) is 3. The van der Waals surface area contributed by atoms with E-state index < -0.39 is 15.6 Å². The van der Waals surface area contributed by atoms with E-state index in [4.69, 9.17) is 5.73 Å². The van der Waals surface area contributed by atoms with Gasteiger partial charge in [0, 0.05) is 15.7 Å². The number of nitrogens with one attached hydrogen (secondary N) is 1. The van der Waals surface area contributed by atoms with Gasteiger partial charge >= 0.3 is 0 Å². The molecule has 0 saturated heterocycles. The summed E-state index contributed by atoms with van der Waals surface area (Å²) in [7, 11) is -3.50. The lowest BCUT2D eigenvalue weighted by Gasteiger charge is -2.30. The van der Waals surface area contributed by atoms with Gasteiger partial charge in [0.25, 0.3) is 0 Å². The highest BCUT2D eigenvalue weighted by atomic mass is 127. The second kappa shape index (κ2) is 6.31. The Balaban J connectivity index is 3.04. The average molecular weight is 382 g/mol. The lowest BCUT2D eigenvalue weighted by Crippen LogP contribution is -2.52. The summed E-state index contributed by atoms with van der Waals surface area (Å²) < 4.78 is 28.3. The number of nitrogens with two attached hydrogens (primary N) is 1. The quantitative estimate of drug-likeness (QED) is 0.741. The zero-order valence-electron chi connectivity index (χ0n) is 10.6. The number of benzene rings is 1. The third-order valence-corrected chi connectivity index (χ3v) is 5.53. The van der Waals surface area contributed by atoms with Crippen molar-refractivity contribution in [3.63, 3.8) is 0 Å². The van der Waals surface area contributed by atoms with Gasteiger partial charge in [0.1, 0.15) is 0 Å². The molecule has 0 saturated carbocycles. The molecule has 0 spiro atoms. The Hall–Kier alpha value is -0.180. The summed E-state index contributed by atoms with van der Waals surface area (Å²) in [6.45, 7) is 4.17. The molecule has 0 amide bonds. The highest BCUT2D eigenvalue weighted by Gasteiger charge is 2.30. The molecular weight excluding hydrogens is 363 g/mol. The molecule has 1 aromatic rings. The molecule has 0 aliphatic carbocycles. The molecule has 0 heterocycles. The van der Waals surface area contributed by atoms with E-state index in [1.165, 1.54) is 0 Å². The van der Waals surface area contributed by atoms with Crippen LogP contribution < -0.4 is 10.5 Å². The van der Waals surface area contributed by atoms with Crippen LogP contribution in [0.15, 0.2) is 29.2 Å². The van der Waals surface area contributed by atoms with E-state index in [2.05, 4.69) is 27.3 Å². The number of hydrogen-bond donors (Lipinski definition) is 2. The van der Waals surface area contributed by atoms with E-state index in [0.717, 1.165) is 3.57 Å². The van der Waals surface area contributed by atoms with Crippen molar-refractivity contribution in [1.82, 2.24) is 4.72 Å². The summed E-state index contributed by atoms with van der Waals surface area (Å²) in [5, 5.41) is 0. The van der Waals surface area contributed by atoms with Crippen LogP contribution in [0.5, 0.6) is 0 Å². The number of sulfonamides is 1. The normalized spacial score (nSPS) is 12.7. The van der Waals surface area contributed by atoms with Crippen LogP contribution in [0, 0.1) is 3.57 Å². The summed E-state index contributed by atoms with van der Waals surface area (Å²) in [6, 6.07) is 6.77. The molecule has 0 unspecified atom stereocenters. The third kappa shape index (κ3) is 3.66. The Morgan fingerprint density at radius 2 is 1.72 bits per heavy atom. The predicted molar refractivity (Wildman–Crippen MR) is 81.8 cm³/mol. The first kappa shape index (κ1) is 15.9. The maximum atomic E-state index is 12.3. The van der Waals surface area contributed by atoms with Crippen LogP contribution in [-0.2, 0) is 10.0 Å². The zero-order valence-corrected chi connectivity index (χ0v) is 13.6. The molecule has 1 rings (SSSR count). The molecule has 0 atom stereocenters. The van der Waals surface area contributed by atoms with Crippen molar-refractivity contribution in [1.29, 1.82) is 0 Å². The van der Waals surface area contributed by atoms with Crippen molar-refractivity contribution >= 4 is 32.6 Å². The van der Waals surface area contributed by atoms with Crippen LogP contribution in [0.25, 0.3) is 0 Å². The van der Waals surface area contributed by atoms with Crippen LogP contribution in [0.2, 0.25) is 0 Å². The summed E-state index contributed by atoms with van der Waals surface area (Å²) in [5.41, 5.74) is 5.16. The molecule has 0 fully saturated rings. The minimum Gasteiger partial charge on any atom is -0.329 e. The van der Waals surface area contributed by atoms with Crippen LogP contribution in [-0.4, -0.2) is 20.5 Å². The van der Waals surface area contributed by atoms with Crippen LogP contribution in [0.1, 0.15) is 26.7 Å². The minimum absolute atomic E-state index is 0.280. The van der Waals surface area contributed by atoms with Gasteiger partial charge < -0.3 is 5.73 Å². The fraction of sp³-hybridized carbons (Fsp3) is 0.500. The fourth-order valence-corrected chi connectivity index (χ4v) is 3.60. The Labute approximate surface area is 123 Å². The second-order valence-electron chi connectivity index (χ2n) is 4.25. The van der Waals surface area contributed by atoms with E-state index >= 15 is 0 Å². The number of halogens is 1. The van der Waals surface area contributed by atoms with Gasteiger partial charge in [-0.1, -0.05) is 13.8 Å². The first-order valence-electron chi connectivity index (χ1n) is 5.89. The molecule has 18 heavy (non-hydrogen) atoms. The van der Waals surface area contributed by atoms with E-state index in [0.29, 0.717) is 19.4 Å². The lowest BCUT2D eigenvalue weighted by molar-refractivity contribution is 0.363.